The van der Waals surface area contributed by atoms with Gasteiger partial charge in [0.05, 0.1) is 11.6 Å². The predicted molar refractivity (Wildman–Crippen MR) is 158 cm³/mol. The first kappa shape index (κ1) is 31.7. The third-order valence-corrected chi connectivity index (χ3v) is 7.05. The second-order valence-corrected chi connectivity index (χ2v) is 10.2. The Labute approximate surface area is 243 Å². The highest BCUT2D eigenvalue weighted by atomic mass is 35.5. The molecule has 41 heavy (non-hydrogen) atoms. The van der Waals surface area contributed by atoms with Crippen molar-refractivity contribution < 1.29 is 22.8 Å². The molecule has 3 rings (SSSR count). The van der Waals surface area contributed by atoms with Crippen molar-refractivity contribution in [1.82, 2.24) is 10.2 Å². The molecule has 6 nitrogen and oxygen atoms in total. The lowest BCUT2D eigenvalue weighted by atomic mass is 9.87. The van der Waals surface area contributed by atoms with Crippen LogP contribution in [0.4, 0.5) is 18.9 Å². The first-order chi connectivity index (χ1) is 19.4. The molecule has 2 aromatic carbocycles. The number of amides is 2. The van der Waals surface area contributed by atoms with Crippen molar-refractivity contribution in [2.24, 2.45) is 4.99 Å². The number of halogens is 4. The van der Waals surface area contributed by atoms with Crippen LogP contribution in [0.5, 0.6) is 0 Å². The van der Waals surface area contributed by atoms with Crippen molar-refractivity contribution in [1.29, 1.82) is 0 Å². The van der Waals surface area contributed by atoms with Crippen LogP contribution in [0, 0.1) is 0 Å². The fraction of sp³-hybridized carbons (Fsp3) is 0.323. The van der Waals surface area contributed by atoms with E-state index in [0.29, 0.717) is 43.0 Å². The number of nitrogens with zero attached hydrogens (tertiary/aromatic N) is 2. The minimum absolute atomic E-state index is 0.0570. The molecule has 1 fully saturated rings. The van der Waals surface area contributed by atoms with Gasteiger partial charge >= 0.3 is 6.18 Å². The zero-order valence-corrected chi connectivity index (χ0v) is 24.0. The maximum absolute atomic E-state index is 13.8. The highest BCUT2D eigenvalue weighted by molar-refractivity contribution is 6.68. The number of alkyl halides is 3. The summed E-state index contributed by atoms with van der Waals surface area (Å²) in [6, 6.07) is 10.3. The second kappa shape index (κ2) is 14.2. The fourth-order valence-corrected chi connectivity index (χ4v) is 4.75. The van der Waals surface area contributed by atoms with Crippen molar-refractivity contribution >= 4 is 34.3 Å². The Morgan fingerprint density at radius 1 is 1.17 bits per heavy atom. The molecule has 1 saturated heterocycles. The summed E-state index contributed by atoms with van der Waals surface area (Å²) in [5.74, 6) is -0.343. The predicted octanol–water partition coefficient (Wildman–Crippen LogP) is 7.58. The smallest absolute Gasteiger partial charge is 0.364 e. The van der Waals surface area contributed by atoms with Gasteiger partial charge in [0.1, 0.15) is 11.0 Å². The van der Waals surface area contributed by atoms with Crippen LogP contribution < -0.4 is 10.6 Å². The van der Waals surface area contributed by atoms with Crippen LogP contribution in [0.2, 0.25) is 0 Å². The van der Waals surface area contributed by atoms with E-state index in [-0.39, 0.29) is 28.6 Å². The van der Waals surface area contributed by atoms with E-state index < -0.39 is 17.6 Å². The SMILES string of the molecule is C=C/C=C/C(Cl)=N\C(=C/C)N[C@@H](C)c1cccc(NC(=O)c2cc(C3CCN(C(C)=O)CC3)cc(C(F)(F)F)c2)c1. The summed E-state index contributed by atoms with van der Waals surface area (Å²) in [4.78, 5) is 30.8. The van der Waals surface area contributed by atoms with Gasteiger partial charge in [-0.2, -0.15) is 13.2 Å². The summed E-state index contributed by atoms with van der Waals surface area (Å²) in [6.45, 7) is 9.72. The van der Waals surface area contributed by atoms with E-state index in [4.69, 9.17) is 11.6 Å². The number of nitrogens with one attached hydrogen (secondary N) is 2. The van der Waals surface area contributed by atoms with Gasteiger partial charge in [-0.25, -0.2) is 4.99 Å². The number of rotatable bonds is 9. The molecular weight excluding hydrogens is 553 g/mol. The number of hydrogen-bond acceptors (Lipinski definition) is 4. The van der Waals surface area contributed by atoms with E-state index in [1.54, 1.807) is 47.4 Å². The molecule has 1 aliphatic heterocycles. The molecule has 0 aromatic heterocycles. The Morgan fingerprint density at radius 2 is 1.88 bits per heavy atom. The van der Waals surface area contributed by atoms with Gasteiger partial charge < -0.3 is 15.5 Å². The van der Waals surface area contributed by atoms with Crippen molar-refractivity contribution in [3.8, 4) is 0 Å². The molecule has 1 heterocycles. The standard InChI is InChI=1S/C31H34ClF3N4O2/c1-5-7-11-28(32)38-29(6-2)36-20(3)23-9-8-10-27(19-23)37-30(41)25-16-24(17-26(18-25)31(33,34)35)22-12-14-39(15-13-22)21(4)40/h5-11,16-20,22,36H,1,12-15H2,2-4H3,(H,37,41)/b11-7+,29-6-,38-28+/t20-/m0/s1. The average molecular weight is 587 g/mol. The van der Waals surface area contributed by atoms with Crippen molar-refractivity contribution in [3.05, 3.63) is 101 Å². The number of allylic oxidation sites excluding steroid dienone is 4. The highest BCUT2D eigenvalue weighted by Crippen LogP contribution is 2.35. The van der Waals surface area contributed by atoms with Crippen LogP contribution in [0.3, 0.4) is 0 Å². The lowest BCUT2D eigenvalue weighted by Gasteiger charge is -2.32. The molecule has 218 valence electrons. The average Bonchev–Trinajstić information content (AvgIpc) is 2.95. The third-order valence-electron chi connectivity index (χ3n) is 6.84. The van der Waals surface area contributed by atoms with Crippen LogP contribution in [-0.2, 0) is 11.0 Å². The van der Waals surface area contributed by atoms with E-state index in [9.17, 15) is 22.8 Å². The Hall–Kier alpha value is -3.85. The highest BCUT2D eigenvalue weighted by Gasteiger charge is 2.33. The quantitative estimate of drug-likeness (QED) is 0.235. The molecule has 2 N–H and O–H groups in total. The van der Waals surface area contributed by atoms with Crippen LogP contribution in [0.15, 0.2) is 84.2 Å². The first-order valence-corrected chi connectivity index (χ1v) is 13.6. The number of anilines is 1. The topological polar surface area (TPSA) is 73.8 Å². The van der Waals surface area contributed by atoms with Crippen molar-refractivity contribution in [3.63, 3.8) is 0 Å². The number of carbonyl (C=O) groups excluding carboxylic acids is 2. The number of hydrogen-bond donors (Lipinski definition) is 2. The molecule has 0 bridgehead atoms. The fourth-order valence-electron chi connectivity index (χ4n) is 4.58. The molecule has 0 saturated carbocycles. The second-order valence-electron chi connectivity index (χ2n) is 9.77. The van der Waals surface area contributed by atoms with E-state index in [0.717, 1.165) is 17.7 Å². The zero-order valence-electron chi connectivity index (χ0n) is 23.3. The zero-order chi connectivity index (χ0) is 30.2. The lowest BCUT2D eigenvalue weighted by molar-refractivity contribution is -0.137. The minimum atomic E-state index is -4.61. The van der Waals surface area contributed by atoms with Gasteiger partial charge in [0.15, 0.2) is 0 Å². The van der Waals surface area contributed by atoms with Crippen LogP contribution in [0.25, 0.3) is 0 Å². The number of carbonyl (C=O) groups is 2. The molecule has 1 atom stereocenters. The van der Waals surface area contributed by atoms with E-state index in [1.165, 1.54) is 13.0 Å². The summed E-state index contributed by atoms with van der Waals surface area (Å²) in [7, 11) is 0. The summed E-state index contributed by atoms with van der Waals surface area (Å²) in [5, 5.41) is 6.25. The lowest BCUT2D eigenvalue weighted by Crippen LogP contribution is -2.36. The van der Waals surface area contributed by atoms with Gasteiger partial charge in [-0.05, 0) is 86.2 Å². The molecule has 0 spiro atoms. The largest absolute Gasteiger partial charge is 0.416 e. The molecule has 2 amide bonds. The summed E-state index contributed by atoms with van der Waals surface area (Å²) in [6.07, 6.45) is 3.08. The number of aliphatic imine (C=N–C) groups is 1. The van der Waals surface area contributed by atoms with Gasteiger partial charge in [0.25, 0.3) is 5.91 Å². The van der Waals surface area contributed by atoms with Crippen LogP contribution in [0.1, 0.15) is 72.6 Å². The van der Waals surface area contributed by atoms with E-state index in [1.807, 2.05) is 19.9 Å². The van der Waals surface area contributed by atoms with Gasteiger partial charge in [0, 0.05) is 31.3 Å². The molecule has 2 aromatic rings. The Bertz CT molecular complexity index is 1360. The number of likely N-dealkylation sites (tertiary alicyclic amines) is 1. The van der Waals surface area contributed by atoms with Gasteiger partial charge in [-0.1, -0.05) is 42.5 Å². The third kappa shape index (κ3) is 9.08. The normalized spacial score (nSPS) is 16.0. The first-order valence-electron chi connectivity index (χ1n) is 13.3. The summed E-state index contributed by atoms with van der Waals surface area (Å²) in [5.41, 5.74) is 0.750. The summed E-state index contributed by atoms with van der Waals surface area (Å²) < 4.78 is 41.3. The molecule has 1 aliphatic rings. The van der Waals surface area contributed by atoms with Crippen LogP contribution >= 0.6 is 11.6 Å². The van der Waals surface area contributed by atoms with Crippen molar-refractivity contribution in [2.45, 2.75) is 51.7 Å². The number of benzene rings is 2. The summed E-state index contributed by atoms with van der Waals surface area (Å²) >= 11 is 6.12. The van der Waals surface area contributed by atoms with E-state index in [2.05, 4.69) is 22.2 Å². The Balaban J connectivity index is 1.79. The van der Waals surface area contributed by atoms with Crippen LogP contribution in [-0.4, -0.2) is 35.0 Å². The molecule has 0 aliphatic carbocycles. The van der Waals surface area contributed by atoms with E-state index >= 15 is 0 Å². The molecule has 10 heteroatoms. The maximum atomic E-state index is 13.8. The number of piperidine rings is 1. The van der Waals surface area contributed by atoms with Gasteiger partial charge in [0.2, 0.25) is 5.91 Å². The molecule has 0 radical (unpaired) electrons. The molecular formula is C31H34ClF3N4O2. The van der Waals surface area contributed by atoms with Crippen molar-refractivity contribution in [2.75, 3.05) is 18.4 Å². The van der Waals surface area contributed by atoms with Gasteiger partial charge in [-0.3, -0.25) is 9.59 Å². The maximum Gasteiger partial charge on any atom is 0.416 e. The van der Waals surface area contributed by atoms with Gasteiger partial charge in [-0.15, -0.1) is 0 Å². The monoisotopic (exact) mass is 586 g/mol. The minimum Gasteiger partial charge on any atom is -0.364 e. The Kier molecular flexibility index (Phi) is 10.9. The molecule has 0 unspecified atom stereocenters. The Morgan fingerprint density at radius 3 is 2.49 bits per heavy atom.